The molecule has 0 radical (unpaired) electrons. The molecule has 0 unspecified atom stereocenters. The molecule has 2 heterocycles. The summed E-state index contributed by atoms with van der Waals surface area (Å²) >= 11 is 0. The first-order chi connectivity index (χ1) is 8.61. The van der Waals surface area contributed by atoms with Crippen molar-refractivity contribution in [3.8, 4) is 0 Å². The third-order valence-electron chi connectivity index (χ3n) is 2.55. The number of hydrogen-bond acceptors (Lipinski definition) is 4. The highest BCUT2D eigenvalue weighted by Gasteiger charge is 2.16. The summed E-state index contributed by atoms with van der Waals surface area (Å²) in [6.07, 6.45) is 0.807. The second-order valence-electron chi connectivity index (χ2n) is 3.99. The van der Waals surface area contributed by atoms with Gasteiger partial charge >= 0.3 is 0 Å². The number of nitrogens with two attached hydrogens (primary N) is 1. The van der Waals surface area contributed by atoms with E-state index in [1.54, 1.807) is 16.9 Å². The van der Waals surface area contributed by atoms with Crippen LogP contribution in [0, 0.1) is 6.92 Å². The number of anilines is 1. The molecule has 0 amide bonds. The van der Waals surface area contributed by atoms with Gasteiger partial charge in [0, 0.05) is 25.5 Å². The van der Waals surface area contributed by atoms with Crippen molar-refractivity contribution in [3.05, 3.63) is 24.2 Å². The minimum Gasteiger partial charge on any atom is -0.348 e. The molecule has 0 aliphatic carbocycles. The van der Waals surface area contributed by atoms with Crippen molar-refractivity contribution in [3.63, 3.8) is 0 Å². The fraction of sp³-hybridized carbons (Fsp3) is 0.455. The van der Waals surface area contributed by atoms with Crippen LogP contribution in [0.25, 0.3) is 5.52 Å². The number of aryl methyl sites for hydroxylation is 1. The van der Waals surface area contributed by atoms with Gasteiger partial charge in [0.05, 0.1) is 12.2 Å². The van der Waals surface area contributed by atoms with Crippen LogP contribution in [0.4, 0.5) is 14.6 Å². The molecule has 7 heteroatoms. The van der Waals surface area contributed by atoms with E-state index in [1.165, 1.54) is 4.90 Å². The van der Waals surface area contributed by atoms with Crippen molar-refractivity contribution < 1.29 is 8.78 Å². The first kappa shape index (κ1) is 12.7. The highest BCUT2D eigenvalue weighted by atomic mass is 19.3. The molecule has 18 heavy (non-hydrogen) atoms. The molecule has 0 saturated heterocycles. The van der Waals surface area contributed by atoms with Crippen molar-refractivity contribution >= 4 is 11.3 Å². The van der Waals surface area contributed by atoms with Gasteiger partial charge in [0.15, 0.2) is 5.82 Å². The molecule has 0 saturated carbocycles. The molecule has 0 fully saturated rings. The number of fused-ring (bicyclic) bond motifs is 1. The maximum atomic E-state index is 12.6. The second kappa shape index (κ2) is 5.26. The summed E-state index contributed by atoms with van der Waals surface area (Å²) in [6.45, 7) is 2.09. The van der Waals surface area contributed by atoms with Crippen molar-refractivity contribution in [2.24, 2.45) is 5.73 Å². The Balaban J connectivity index is 2.42. The first-order valence-corrected chi connectivity index (χ1v) is 5.66. The summed E-state index contributed by atoms with van der Waals surface area (Å²) < 4.78 is 26.8. The minimum atomic E-state index is -2.43. The predicted octanol–water partition coefficient (Wildman–Crippen LogP) is 1.07. The third kappa shape index (κ3) is 2.56. The van der Waals surface area contributed by atoms with E-state index < -0.39 is 6.43 Å². The van der Waals surface area contributed by atoms with Gasteiger partial charge in [0.1, 0.15) is 5.52 Å². The molecule has 5 nitrogen and oxygen atoms in total. The van der Waals surface area contributed by atoms with E-state index in [9.17, 15) is 8.78 Å². The van der Waals surface area contributed by atoms with Gasteiger partial charge < -0.3 is 10.6 Å². The van der Waals surface area contributed by atoms with Gasteiger partial charge in [0.25, 0.3) is 6.43 Å². The second-order valence-corrected chi connectivity index (χ2v) is 3.99. The molecule has 0 aliphatic rings. The van der Waals surface area contributed by atoms with Crippen LogP contribution in [0.2, 0.25) is 0 Å². The normalized spacial score (nSPS) is 11.4. The number of alkyl halides is 2. The third-order valence-corrected chi connectivity index (χ3v) is 2.55. The monoisotopic (exact) mass is 255 g/mol. The summed E-state index contributed by atoms with van der Waals surface area (Å²) in [5, 5.41) is 4.23. The van der Waals surface area contributed by atoms with Crippen LogP contribution in [0.3, 0.4) is 0 Å². The molecule has 0 aliphatic heterocycles. The average Bonchev–Trinajstić information content (AvgIpc) is 2.67. The van der Waals surface area contributed by atoms with E-state index in [4.69, 9.17) is 5.73 Å². The van der Waals surface area contributed by atoms with Gasteiger partial charge in [-0.25, -0.2) is 18.3 Å². The Labute approximate surface area is 103 Å². The number of aromatic nitrogens is 3. The molecule has 2 aromatic heterocycles. The van der Waals surface area contributed by atoms with Crippen LogP contribution < -0.4 is 10.6 Å². The van der Waals surface area contributed by atoms with Crippen LogP contribution in [0.5, 0.6) is 0 Å². The summed E-state index contributed by atoms with van der Waals surface area (Å²) in [7, 11) is 0. The van der Waals surface area contributed by atoms with Gasteiger partial charge in [-0.15, -0.1) is 0 Å². The van der Waals surface area contributed by atoms with E-state index in [-0.39, 0.29) is 6.54 Å². The molecule has 0 bridgehead atoms. The maximum Gasteiger partial charge on any atom is 0.255 e. The Kier molecular flexibility index (Phi) is 3.71. The summed E-state index contributed by atoms with van der Waals surface area (Å²) in [4.78, 5) is 5.66. The highest BCUT2D eigenvalue weighted by Crippen LogP contribution is 2.19. The predicted molar refractivity (Wildman–Crippen MR) is 65.0 cm³/mol. The Hall–Kier alpha value is -1.76. The molecule has 2 aromatic rings. The standard InChI is InChI=1S/C11H15F2N5/c1-8-6-9-11(15-3-5-18(9)16-8)17(4-2-14)7-10(12)13/h3,5-6,10H,2,4,7,14H2,1H3. The molecule has 0 aromatic carbocycles. The van der Waals surface area contributed by atoms with E-state index in [0.717, 1.165) is 5.69 Å². The number of hydrogen-bond donors (Lipinski definition) is 1. The van der Waals surface area contributed by atoms with Crippen molar-refractivity contribution in [2.45, 2.75) is 13.3 Å². The van der Waals surface area contributed by atoms with Crippen LogP contribution in [-0.2, 0) is 0 Å². The van der Waals surface area contributed by atoms with Crippen molar-refractivity contribution in [1.82, 2.24) is 14.6 Å². The lowest BCUT2D eigenvalue weighted by molar-refractivity contribution is 0.155. The van der Waals surface area contributed by atoms with E-state index in [1.807, 2.05) is 13.0 Å². The molecule has 2 rings (SSSR count). The highest BCUT2D eigenvalue weighted by molar-refractivity contribution is 5.69. The first-order valence-electron chi connectivity index (χ1n) is 5.66. The number of rotatable bonds is 5. The maximum absolute atomic E-state index is 12.6. The zero-order chi connectivity index (χ0) is 13.1. The lowest BCUT2D eigenvalue weighted by Crippen LogP contribution is -2.34. The summed E-state index contributed by atoms with van der Waals surface area (Å²) in [6, 6.07) is 1.82. The van der Waals surface area contributed by atoms with Gasteiger partial charge in [0.2, 0.25) is 0 Å². The quantitative estimate of drug-likeness (QED) is 0.868. The SMILES string of the molecule is Cc1cc2c(N(CCN)CC(F)F)nccn2n1. The largest absolute Gasteiger partial charge is 0.348 e. The Morgan fingerprint density at radius 1 is 1.50 bits per heavy atom. The summed E-state index contributed by atoms with van der Waals surface area (Å²) in [5.41, 5.74) is 6.98. The molecule has 0 spiro atoms. The van der Waals surface area contributed by atoms with E-state index >= 15 is 0 Å². The fourth-order valence-corrected chi connectivity index (χ4v) is 1.88. The lowest BCUT2D eigenvalue weighted by Gasteiger charge is -2.22. The number of nitrogens with zero attached hydrogens (tertiary/aromatic N) is 4. The molecular formula is C11H15F2N5. The number of halogens is 2. The average molecular weight is 255 g/mol. The van der Waals surface area contributed by atoms with Gasteiger partial charge in [-0.05, 0) is 13.0 Å². The Bertz CT molecular complexity index is 525. The molecule has 98 valence electrons. The molecular weight excluding hydrogens is 240 g/mol. The molecule has 2 N–H and O–H groups in total. The zero-order valence-electron chi connectivity index (χ0n) is 10.1. The van der Waals surface area contributed by atoms with Crippen molar-refractivity contribution in [1.29, 1.82) is 0 Å². The van der Waals surface area contributed by atoms with Crippen LogP contribution in [0.1, 0.15) is 5.69 Å². The van der Waals surface area contributed by atoms with Crippen LogP contribution in [0.15, 0.2) is 18.5 Å². The van der Waals surface area contributed by atoms with Gasteiger partial charge in [-0.2, -0.15) is 5.10 Å². The van der Waals surface area contributed by atoms with Crippen LogP contribution in [-0.4, -0.2) is 40.7 Å². The van der Waals surface area contributed by atoms with E-state index in [2.05, 4.69) is 10.1 Å². The van der Waals surface area contributed by atoms with Gasteiger partial charge in [-0.3, -0.25) is 0 Å². The summed E-state index contributed by atoms with van der Waals surface area (Å²) in [5.74, 6) is 0.490. The smallest absolute Gasteiger partial charge is 0.255 e. The van der Waals surface area contributed by atoms with E-state index in [0.29, 0.717) is 24.4 Å². The Morgan fingerprint density at radius 3 is 2.94 bits per heavy atom. The fourth-order valence-electron chi connectivity index (χ4n) is 1.88. The zero-order valence-corrected chi connectivity index (χ0v) is 10.1. The van der Waals surface area contributed by atoms with Crippen molar-refractivity contribution in [2.75, 3.05) is 24.5 Å². The topological polar surface area (TPSA) is 59.5 Å². The Morgan fingerprint density at radius 2 is 2.28 bits per heavy atom. The lowest BCUT2D eigenvalue weighted by atomic mass is 10.3. The van der Waals surface area contributed by atoms with Gasteiger partial charge in [-0.1, -0.05) is 0 Å². The van der Waals surface area contributed by atoms with Crippen LogP contribution >= 0.6 is 0 Å². The minimum absolute atomic E-state index is 0.294. The molecule has 0 atom stereocenters.